The molecule has 2 aromatic heterocycles. The molecule has 10 nitrogen and oxygen atoms in total. The Morgan fingerprint density at radius 2 is 1.79 bits per heavy atom. The van der Waals surface area contributed by atoms with Crippen LogP contribution in [0, 0.1) is 0 Å². The summed E-state index contributed by atoms with van der Waals surface area (Å²) in [5, 5.41) is 13.8. The van der Waals surface area contributed by atoms with Gasteiger partial charge in [0.05, 0.1) is 12.5 Å². The van der Waals surface area contributed by atoms with Crippen LogP contribution in [-0.2, 0) is 10.0 Å². The Bertz CT molecular complexity index is 1380. The lowest BCUT2D eigenvalue weighted by atomic mass is 10.2. The van der Waals surface area contributed by atoms with E-state index in [1.54, 1.807) is 24.4 Å². The smallest absolute Gasteiger partial charge is 0.229 e. The number of nitrogens with one attached hydrogen (secondary N) is 4. The summed E-state index contributed by atoms with van der Waals surface area (Å²) < 4.78 is 25.7. The van der Waals surface area contributed by atoms with Crippen molar-refractivity contribution in [3.63, 3.8) is 0 Å². The predicted molar refractivity (Wildman–Crippen MR) is 130 cm³/mol. The van der Waals surface area contributed by atoms with Gasteiger partial charge in [-0.1, -0.05) is 12.1 Å². The van der Waals surface area contributed by atoms with Gasteiger partial charge in [0.15, 0.2) is 11.6 Å². The van der Waals surface area contributed by atoms with Crippen molar-refractivity contribution in [2.24, 2.45) is 0 Å². The van der Waals surface area contributed by atoms with Crippen LogP contribution < -0.4 is 20.3 Å². The molecular formula is C22H24N8O2S. The van der Waals surface area contributed by atoms with Crippen LogP contribution in [0.5, 0.6) is 0 Å². The lowest BCUT2D eigenvalue weighted by Crippen LogP contribution is -2.43. The number of sulfonamides is 1. The molecule has 0 radical (unpaired) electrons. The fraction of sp³-hybridized carbons (Fsp3) is 0.227. The van der Waals surface area contributed by atoms with Gasteiger partial charge >= 0.3 is 0 Å². The zero-order valence-corrected chi connectivity index (χ0v) is 18.9. The van der Waals surface area contributed by atoms with Gasteiger partial charge in [0.25, 0.3) is 0 Å². The van der Waals surface area contributed by atoms with Gasteiger partial charge in [-0.3, -0.25) is 9.82 Å². The van der Waals surface area contributed by atoms with E-state index in [1.165, 1.54) is 5.69 Å². The van der Waals surface area contributed by atoms with Crippen LogP contribution in [-0.4, -0.2) is 61.0 Å². The van der Waals surface area contributed by atoms with E-state index in [4.69, 9.17) is 4.98 Å². The van der Waals surface area contributed by atoms with Gasteiger partial charge in [0.1, 0.15) is 11.0 Å². The molecule has 4 N–H and O–H groups in total. The summed E-state index contributed by atoms with van der Waals surface area (Å²) in [6.07, 6.45) is 2.75. The van der Waals surface area contributed by atoms with Gasteiger partial charge in [-0.2, -0.15) is 5.10 Å². The maximum atomic E-state index is 11.6. The SMILES string of the molecule is CS(=O)(=O)Nc1cccc(-c2nc(Nc3ccc(N4CCNCC4)cc3)c3[nH]ncc3n2)c1. The first-order chi connectivity index (χ1) is 15.9. The highest BCUT2D eigenvalue weighted by molar-refractivity contribution is 7.92. The van der Waals surface area contributed by atoms with E-state index in [0.717, 1.165) is 38.1 Å². The zero-order valence-electron chi connectivity index (χ0n) is 18.0. The second-order valence-electron chi connectivity index (χ2n) is 7.89. The van der Waals surface area contributed by atoms with Crippen LogP contribution >= 0.6 is 0 Å². The Labute approximate surface area is 191 Å². The highest BCUT2D eigenvalue weighted by Crippen LogP contribution is 2.28. The van der Waals surface area contributed by atoms with Gasteiger partial charge in [0.2, 0.25) is 10.0 Å². The molecule has 0 unspecified atom stereocenters. The van der Waals surface area contributed by atoms with Crippen molar-refractivity contribution in [2.75, 3.05) is 47.4 Å². The first-order valence-corrected chi connectivity index (χ1v) is 12.5. The molecule has 0 aliphatic carbocycles. The van der Waals surface area contributed by atoms with Crippen molar-refractivity contribution in [1.82, 2.24) is 25.5 Å². The third-order valence-corrected chi connectivity index (χ3v) is 5.94. The van der Waals surface area contributed by atoms with Crippen LogP contribution in [0.3, 0.4) is 0 Å². The third kappa shape index (κ3) is 4.89. The maximum absolute atomic E-state index is 11.6. The molecule has 3 heterocycles. The molecule has 1 aliphatic heterocycles. The minimum Gasteiger partial charge on any atom is -0.369 e. The number of anilines is 4. The van der Waals surface area contributed by atoms with E-state index in [0.29, 0.717) is 33.9 Å². The van der Waals surface area contributed by atoms with Crippen molar-refractivity contribution < 1.29 is 8.42 Å². The summed E-state index contributed by atoms with van der Waals surface area (Å²) in [6, 6.07) is 15.2. The summed E-state index contributed by atoms with van der Waals surface area (Å²) in [4.78, 5) is 11.6. The lowest BCUT2D eigenvalue weighted by molar-refractivity contribution is 0.589. The quantitative estimate of drug-likeness (QED) is 0.343. The Morgan fingerprint density at radius 1 is 1.00 bits per heavy atom. The Morgan fingerprint density at radius 3 is 2.55 bits per heavy atom. The minimum absolute atomic E-state index is 0.448. The normalized spacial score (nSPS) is 14.4. The predicted octanol–water partition coefficient (Wildman–Crippen LogP) is 2.54. The molecule has 0 amide bonds. The number of aromatic amines is 1. The first kappa shape index (κ1) is 21.2. The van der Waals surface area contributed by atoms with Gasteiger partial charge in [-0.25, -0.2) is 18.4 Å². The largest absolute Gasteiger partial charge is 0.369 e. The molecule has 170 valence electrons. The number of nitrogens with zero attached hydrogens (tertiary/aromatic N) is 4. The Hall–Kier alpha value is -3.70. The van der Waals surface area contributed by atoms with Crippen molar-refractivity contribution in [1.29, 1.82) is 0 Å². The van der Waals surface area contributed by atoms with Gasteiger partial charge < -0.3 is 15.5 Å². The fourth-order valence-corrected chi connectivity index (χ4v) is 4.37. The molecule has 1 saturated heterocycles. The maximum Gasteiger partial charge on any atom is 0.229 e. The highest BCUT2D eigenvalue weighted by Gasteiger charge is 2.14. The summed E-state index contributed by atoms with van der Waals surface area (Å²) in [5.41, 5.74) is 4.55. The van der Waals surface area contributed by atoms with Gasteiger partial charge in [-0.05, 0) is 36.4 Å². The Kier molecular flexibility index (Phi) is 5.56. The zero-order chi connectivity index (χ0) is 22.8. The van der Waals surface area contributed by atoms with Crippen LogP contribution in [0.25, 0.3) is 22.4 Å². The first-order valence-electron chi connectivity index (χ1n) is 10.6. The Balaban J connectivity index is 1.45. The average Bonchev–Trinajstić information content (AvgIpc) is 3.28. The van der Waals surface area contributed by atoms with E-state index in [-0.39, 0.29) is 0 Å². The number of aromatic nitrogens is 4. The molecular weight excluding hydrogens is 440 g/mol. The third-order valence-electron chi connectivity index (χ3n) is 5.34. The van der Waals surface area contributed by atoms with Gasteiger partial charge in [-0.15, -0.1) is 0 Å². The van der Waals surface area contributed by atoms with E-state index < -0.39 is 10.0 Å². The van der Waals surface area contributed by atoms with Crippen LogP contribution in [0.1, 0.15) is 0 Å². The molecule has 1 aliphatic rings. The van der Waals surface area contributed by atoms with E-state index in [2.05, 4.69) is 47.6 Å². The van der Waals surface area contributed by atoms with Crippen molar-refractivity contribution in [3.8, 4) is 11.4 Å². The molecule has 11 heteroatoms. The summed E-state index contributed by atoms with van der Waals surface area (Å²) in [6.45, 7) is 3.96. The number of H-pyrrole nitrogens is 1. The fourth-order valence-electron chi connectivity index (χ4n) is 3.81. The topological polar surface area (TPSA) is 128 Å². The highest BCUT2D eigenvalue weighted by atomic mass is 32.2. The second kappa shape index (κ2) is 8.68. The van der Waals surface area contributed by atoms with E-state index >= 15 is 0 Å². The molecule has 0 atom stereocenters. The average molecular weight is 465 g/mol. The van der Waals surface area contributed by atoms with Crippen LogP contribution in [0.15, 0.2) is 54.7 Å². The van der Waals surface area contributed by atoms with Crippen molar-refractivity contribution in [2.45, 2.75) is 0 Å². The van der Waals surface area contributed by atoms with Gasteiger partial charge in [0, 0.05) is 48.8 Å². The molecule has 1 fully saturated rings. The van der Waals surface area contributed by atoms with E-state index in [1.807, 2.05) is 18.2 Å². The number of fused-ring (bicyclic) bond motifs is 1. The number of hydrogen-bond acceptors (Lipinski definition) is 8. The van der Waals surface area contributed by atoms with Crippen molar-refractivity contribution >= 4 is 43.9 Å². The number of piperazine rings is 1. The monoisotopic (exact) mass is 464 g/mol. The number of hydrogen-bond donors (Lipinski definition) is 4. The molecule has 0 saturated carbocycles. The molecule has 2 aromatic carbocycles. The molecule has 33 heavy (non-hydrogen) atoms. The molecule has 0 spiro atoms. The van der Waals surface area contributed by atoms with Crippen LogP contribution in [0.4, 0.5) is 22.9 Å². The summed E-state index contributed by atoms with van der Waals surface area (Å²) in [5.74, 6) is 1.05. The van der Waals surface area contributed by atoms with E-state index in [9.17, 15) is 8.42 Å². The molecule has 0 bridgehead atoms. The molecule has 4 aromatic rings. The minimum atomic E-state index is -3.39. The second-order valence-corrected chi connectivity index (χ2v) is 9.64. The summed E-state index contributed by atoms with van der Waals surface area (Å²) >= 11 is 0. The standard InChI is InChI=1S/C22H24N8O2S/c1-33(31,32)29-17-4-2-3-15(13-17)21-26-19-14-24-28-20(19)22(27-21)25-16-5-7-18(8-6-16)30-11-9-23-10-12-30/h2-8,13-14,23,29H,9-12H2,1H3,(H,24,28)(H,25,26,27). The van der Waals surface area contributed by atoms with Crippen molar-refractivity contribution in [3.05, 3.63) is 54.7 Å². The number of benzene rings is 2. The lowest BCUT2D eigenvalue weighted by Gasteiger charge is -2.29. The van der Waals surface area contributed by atoms with Crippen LogP contribution in [0.2, 0.25) is 0 Å². The molecule has 5 rings (SSSR count). The number of rotatable bonds is 6. The summed E-state index contributed by atoms with van der Waals surface area (Å²) in [7, 11) is -3.39.